The number of hydrogen-bond donors (Lipinski definition) is 1. The van der Waals surface area contributed by atoms with Gasteiger partial charge in [0.1, 0.15) is 11.3 Å². The van der Waals surface area contributed by atoms with Crippen LogP contribution in [-0.2, 0) is 17.9 Å². The Balaban J connectivity index is 1.44. The zero-order valence-electron chi connectivity index (χ0n) is 13.8. The molecule has 6 heteroatoms. The Morgan fingerprint density at radius 3 is 2.73 bits per heavy atom. The molecule has 26 heavy (non-hydrogen) atoms. The van der Waals surface area contributed by atoms with Gasteiger partial charge in [-0.3, -0.25) is 0 Å². The van der Waals surface area contributed by atoms with Gasteiger partial charge >= 0.3 is 5.97 Å². The number of anilines is 1. The smallest absolute Gasteiger partial charge is 0.340 e. The lowest BCUT2D eigenvalue weighted by Gasteiger charge is -2.10. The fraction of sp³-hybridized carbons (Fsp3) is 0.100. The van der Waals surface area contributed by atoms with Gasteiger partial charge < -0.3 is 18.9 Å². The SMILES string of the molecule is O=C(OCc1nc2ccccc2o1)c1ccccc1NCc1ccco1. The molecule has 0 fully saturated rings. The molecule has 2 heterocycles. The summed E-state index contributed by atoms with van der Waals surface area (Å²) in [5.41, 5.74) is 2.51. The maximum absolute atomic E-state index is 12.5. The van der Waals surface area contributed by atoms with Gasteiger partial charge in [-0.15, -0.1) is 0 Å². The maximum Gasteiger partial charge on any atom is 0.340 e. The highest BCUT2D eigenvalue weighted by Crippen LogP contribution is 2.19. The Bertz CT molecular complexity index is 988. The van der Waals surface area contributed by atoms with Crippen molar-refractivity contribution in [1.29, 1.82) is 0 Å². The first-order valence-corrected chi connectivity index (χ1v) is 8.16. The van der Waals surface area contributed by atoms with Crippen LogP contribution in [0.4, 0.5) is 5.69 Å². The second kappa shape index (κ2) is 7.14. The van der Waals surface area contributed by atoms with Crippen LogP contribution in [0.15, 0.2) is 75.8 Å². The topological polar surface area (TPSA) is 77.5 Å². The summed E-state index contributed by atoms with van der Waals surface area (Å²) in [6.07, 6.45) is 1.61. The minimum absolute atomic E-state index is 0.0277. The molecule has 0 spiro atoms. The molecule has 0 bridgehead atoms. The number of carbonyl (C=O) groups excluding carboxylic acids is 1. The van der Waals surface area contributed by atoms with Gasteiger partial charge in [-0.25, -0.2) is 9.78 Å². The number of esters is 1. The van der Waals surface area contributed by atoms with E-state index in [1.165, 1.54) is 0 Å². The lowest BCUT2D eigenvalue weighted by molar-refractivity contribution is 0.0441. The molecule has 0 aliphatic heterocycles. The molecule has 1 N–H and O–H groups in total. The number of para-hydroxylation sites is 3. The summed E-state index contributed by atoms with van der Waals surface area (Å²) >= 11 is 0. The van der Waals surface area contributed by atoms with Gasteiger partial charge in [-0.05, 0) is 36.4 Å². The molecule has 2 aromatic heterocycles. The van der Waals surface area contributed by atoms with E-state index in [2.05, 4.69) is 10.3 Å². The van der Waals surface area contributed by atoms with Crippen LogP contribution in [0.1, 0.15) is 22.0 Å². The fourth-order valence-electron chi connectivity index (χ4n) is 2.60. The van der Waals surface area contributed by atoms with Crippen molar-refractivity contribution < 1.29 is 18.4 Å². The second-order valence-corrected chi connectivity index (χ2v) is 5.63. The summed E-state index contributed by atoms with van der Waals surface area (Å²) < 4.78 is 16.2. The number of nitrogens with zero attached hydrogens (tertiary/aromatic N) is 1. The number of furan rings is 1. The van der Waals surface area contributed by atoms with Crippen molar-refractivity contribution in [2.45, 2.75) is 13.2 Å². The van der Waals surface area contributed by atoms with E-state index < -0.39 is 5.97 Å². The number of hydrogen-bond acceptors (Lipinski definition) is 6. The summed E-state index contributed by atoms with van der Waals surface area (Å²) in [4.78, 5) is 16.8. The predicted octanol–water partition coefficient (Wildman–Crippen LogP) is 4.39. The molecular formula is C20H16N2O4. The Labute approximate surface area is 149 Å². The zero-order valence-corrected chi connectivity index (χ0v) is 13.8. The number of rotatable bonds is 6. The average molecular weight is 348 g/mol. The van der Waals surface area contributed by atoms with E-state index in [0.29, 0.717) is 29.3 Å². The van der Waals surface area contributed by atoms with E-state index in [9.17, 15) is 4.79 Å². The molecule has 0 aliphatic rings. The summed E-state index contributed by atoms with van der Waals surface area (Å²) in [5.74, 6) is 0.690. The Hall–Kier alpha value is -3.54. The summed E-state index contributed by atoms with van der Waals surface area (Å²) in [7, 11) is 0. The van der Waals surface area contributed by atoms with Crippen molar-refractivity contribution in [3.8, 4) is 0 Å². The normalized spacial score (nSPS) is 10.8. The number of carbonyl (C=O) groups is 1. The molecule has 0 radical (unpaired) electrons. The first kappa shape index (κ1) is 16.0. The van der Waals surface area contributed by atoms with E-state index in [1.807, 2.05) is 48.5 Å². The third-order valence-corrected chi connectivity index (χ3v) is 3.85. The molecule has 4 rings (SSSR count). The maximum atomic E-state index is 12.5. The van der Waals surface area contributed by atoms with Crippen LogP contribution in [0.3, 0.4) is 0 Å². The Morgan fingerprint density at radius 2 is 1.88 bits per heavy atom. The number of benzene rings is 2. The molecule has 0 saturated heterocycles. The van der Waals surface area contributed by atoms with Crippen molar-refractivity contribution in [1.82, 2.24) is 4.98 Å². The predicted molar refractivity (Wildman–Crippen MR) is 95.6 cm³/mol. The zero-order chi connectivity index (χ0) is 17.8. The number of fused-ring (bicyclic) bond motifs is 1. The molecule has 0 atom stereocenters. The second-order valence-electron chi connectivity index (χ2n) is 5.63. The minimum atomic E-state index is -0.449. The third kappa shape index (κ3) is 3.44. The first-order valence-electron chi connectivity index (χ1n) is 8.16. The molecule has 0 amide bonds. The minimum Gasteiger partial charge on any atom is -0.467 e. The molecular weight excluding hydrogens is 332 g/mol. The number of nitrogens with one attached hydrogen (secondary N) is 1. The van der Waals surface area contributed by atoms with Crippen LogP contribution in [0.25, 0.3) is 11.1 Å². The molecule has 0 aliphatic carbocycles. The molecule has 130 valence electrons. The Kier molecular flexibility index (Phi) is 4.38. The van der Waals surface area contributed by atoms with Crippen molar-refractivity contribution in [3.63, 3.8) is 0 Å². The van der Waals surface area contributed by atoms with Crippen LogP contribution >= 0.6 is 0 Å². The highest BCUT2D eigenvalue weighted by Gasteiger charge is 2.14. The van der Waals surface area contributed by atoms with Crippen molar-refractivity contribution in [3.05, 3.63) is 84.1 Å². The van der Waals surface area contributed by atoms with Crippen LogP contribution in [-0.4, -0.2) is 11.0 Å². The van der Waals surface area contributed by atoms with Crippen molar-refractivity contribution in [2.24, 2.45) is 0 Å². The highest BCUT2D eigenvalue weighted by molar-refractivity contribution is 5.95. The van der Waals surface area contributed by atoms with Crippen LogP contribution in [0, 0.1) is 0 Å². The van der Waals surface area contributed by atoms with E-state index in [-0.39, 0.29) is 6.61 Å². The molecule has 6 nitrogen and oxygen atoms in total. The van der Waals surface area contributed by atoms with E-state index >= 15 is 0 Å². The lowest BCUT2D eigenvalue weighted by Crippen LogP contribution is -2.10. The van der Waals surface area contributed by atoms with E-state index in [1.54, 1.807) is 18.4 Å². The van der Waals surface area contributed by atoms with Gasteiger partial charge in [0.25, 0.3) is 0 Å². The Morgan fingerprint density at radius 1 is 1.04 bits per heavy atom. The quantitative estimate of drug-likeness (QED) is 0.521. The lowest BCUT2D eigenvalue weighted by atomic mass is 10.2. The van der Waals surface area contributed by atoms with Crippen molar-refractivity contribution in [2.75, 3.05) is 5.32 Å². The number of ether oxygens (including phenoxy) is 1. The van der Waals surface area contributed by atoms with Gasteiger partial charge in [-0.1, -0.05) is 24.3 Å². The largest absolute Gasteiger partial charge is 0.467 e. The third-order valence-electron chi connectivity index (χ3n) is 3.85. The molecule has 0 saturated carbocycles. The average Bonchev–Trinajstić information content (AvgIpc) is 3.33. The monoisotopic (exact) mass is 348 g/mol. The molecule has 0 unspecified atom stereocenters. The van der Waals surface area contributed by atoms with Gasteiger partial charge in [0.05, 0.1) is 18.4 Å². The van der Waals surface area contributed by atoms with Gasteiger partial charge in [-0.2, -0.15) is 0 Å². The summed E-state index contributed by atoms with van der Waals surface area (Å²) in [5, 5.41) is 3.18. The highest BCUT2D eigenvalue weighted by atomic mass is 16.5. The van der Waals surface area contributed by atoms with Gasteiger partial charge in [0.2, 0.25) is 5.89 Å². The van der Waals surface area contributed by atoms with Crippen LogP contribution in [0.5, 0.6) is 0 Å². The standard InChI is InChI=1S/C20H16N2O4/c23-20(25-13-19-22-17-9-3-4-10-18(17)26-19)15-7-1-2-8-16(15)21-12-14-6-5-11-24-14/h1-11,21H,12-13H2. The molecule has 4 aromatic rings. The summed E-state index contributed by atoms with van der Waals surface area (Å²) in [6, 6.07) is 18.2. The van der Waals surface area contributed by atoms with Crippen molar-refractivity contribution >= 4 is 22.8 Å². The molecule has 2 aromatic carbocycles. The summed E-state index contributed by atoms with van der Waals surface area (Å²) in [6.45, 7) is 0.447. The van der Waals surface area contributed by atoms with Gasteiger partial charge in [0, 0.05) is 5.69 Å². The fourth-order valence-corrected chi connectivity index (χ4v) is 2.60. The first-order chi connectivity index (χ1) is 12.8. The van der Waals surface area contributed by atoms with Crippen LogP contribution < -0.4 is 5.32 Å². The number of aromatic nitrogens is 1. The van der Waals surface area contributed by atoms with Crippen LogP contribution in [0.2, 0.25) is 0 Å². The van der Waals surface area contributed by atoms with Gasteiger partial charge in [0.15, 0.2) is 12.2 Å². The number of oxazole rings is 1. The van der Waals surface area contributed by atoms with E-state index in [4.69, 9.17) is 13.6 Å². The van der Waals surface area contributed by atoms with E-state index in [0.717, 1.165) is 11.3 Å².